The van der Waals surface area contributed by atoms with Crippen LogP contribution in [0.15, 0.2) is 77.7 Å². The van der Waals surface area contributed by atoms with E-state index in [0.717, 1.165) is 16.7 Å². The zero-order chi connectivity index (χ0) is 21.0. The van der Waals surface area contributed by atoms with Crippen molar-refractivity contribution in [1.82, 2.24) is 4.90 Å². The molecule has 1 amide bonds. The summed E-state index contributed by atoms with van der Waals surface area (Å²) in [5.74, 6) is -0.176. The van der Waals surface area contributed by atoms with Gasteiger partial charge in [-0.25, -0.2) is 8.42 Å². The van der Waals surface area contributed by atoms with E-state index in [1.165, 1.54) is 0 Å². The van der Waals surface area contributed by atoms with Crippen LogP contribution in [-0.4, -0.2) is 26.3 Å². The Hall–Kier alpha value is -3.12. The Morgan fingerprint density at radius 1 is 0.931 bits per heavy atom. The second-order valence-corrected chi connectivity index (χ2v) is 8.78. The number of benzene rings is 3. The Morgan fingerprint density at radius 3 is 2.24 bits per heavy atom. The molecule has 3 aromatic carbocycles. The molecular weight excluding hydrogens is 384 g/mol. The van der Waals surface area contributed by atoms with Crippen LogP contribution >= 0.6 is 0 Å². The van der Waals surface area contributed by atoms with Crippen molar-refractivity contribution in [2.24, 2.45) is 0 Å². The van der Waals surface area contributed by atoms with Crippen LogP contribution in [0.1, 0.15) is 27.0 Å². The first kappa shape index (κ1) is 20.6. The van der Waals surface area contributed by atoms with Crippen molar-refractivity contribution in [3.8, 4) is 0 Å². The van der Waals surface area contributed by atoms with Crippen molar-refractivity contribution in [2.75, 3.05) is 11.8 Å². The maximum atomic E-state index is 12.8. The summed E-state index contributed by atoms with van der Waals surface area (Å²) in [6.07, 6.45) is 0. The fourth-order valence-electron chi connectivity index (χ4n) is 2.94. The topological polar surface area (TPSA) is 66.5 Å². The molecule has 29 heavy (non-hydrogen) atoms. The van der Waals surface area contributed by atoms with Gasteiger partial charge < -0.3 is 4.90 Å². The summed E-state index contributed by atoms with van der Waals surface area (Å²) < 4.78 is 28.0. The molecule has 0 atom stereocenters. The third-order valence-electron chi connectivity index (χ3n) is 4.67. The SMILES string of the molecule is Cc1ccc(S(=O)(=O)Nc2cc(C(=O)N(C)Cc3ccccc3)ccc2C)cc1. The Balaban J connectivity index is 1.82. The molecule has 0 aliphatic rings. The van der Waals surface area contributed by atoms with E-state index in [2.05, 4.69) is 4.72 Å². The molecule has 6 heteroatoms. The molecule has 0 aromatic heterocycles. The number of aryl methyl sites for hydroxylation is 2. The molecule has 0 aliphatic heterocycles. The minimum atomic E-state index is -3.74. The smallest absolute Gasteiger partial charge is 0.261 e. The van der Waals surface area contributed by atoms with Crippen LogP contribution in [0.2, 0.25) is 0 Å². The molecule has 0 bridgehead atoms. The Labute approximate surface area is 172 Å². The highest BCUT2D eigenvalue weighted by Gasteiger charge is 2.18. The zero-order valence-corrected chi connectivity index (χ0v) is 17.5. The van der Waals surface area contributed by atoms with Crippen molar-refractivity contribution < 1.29 is 13.2 Å². The van der Waals surface area contributed by atoms with Gasteiger partial charge in [-0.15, -0.1) is 0 Å². The molecular formula is C23H24N2O3S. The van der Waals surface area contributed by atoms with Gasteiger partial charge in [0.15, 0.2) is 0 Å². The first-order chi connectivity index (χ1) is 13.8. The highest BCUT2D eigenvalue weighted by atomic mass is 32.2. The lowest BCUT2D eigenvalue weighted by Crippen LogP contribution is -2.26. The van der Waals surface area contributed by atoms with Crippen LogP contribution in [0.4, 0.5) is 5.69 Å². The molecule has 0 saturated heterocycles. The summed E-state index contributed by atoms with van der Waals surface area (Å²) in [4.78, 5) is 14.6. The predicted octanol–water partition coefficient (Wildman–Crippen LogP) is 4.38. The van der Waals surface area contributed by atoms with Crippen LogP contribution in [0, 0.1) is 13.8 Å². The van der Waals surface area contributed by atoms with Crippen LogP contribution in [0.25, 0.3) is 0 Å². The number of carbonyl (C=O) groups excluding carboxylic acids is 1. The van der Waals surface area contributed by atoms with Crippen molar-refractivity contribution in [1.29, 1.82) is 0 Å². The average Bonchev–Trinajstić information content (AvgIpc) is 2.70. The van der Waals surface area contributed by atoms with Crippen molar-refractivity contribution in [3.05, 3.63) is 95.1 Å². The van der Waals surface area contributed by atoms with Gasteiger partial charge in [-0.2, -0.15) is 0 Å². The standard InChI is InChI=1S/C23H24N2O3S/c1-17-9-13-21(14-10-17)29(27,28)24-22-15-20(12-11-18(22)2)23(26)25(3)16-19-7-5-4-6-8-19/h4-15,24H,16H2,1-3H3. The van der Waals surface area contributed by atoms with Gasteiger partial charge >= 0.3 is 0 Å². The number of amides is 1. The largest absolute Gasteiger partial charge is 0.337 e. The molecule has 5 nitrogen and oxygen atoms in total. The fourth-order valence-corrected chi connectivity index (χ4v) is 4.06. The van der Waals surface area contributed by atoms with Crippen LogP contribution in [0.3, 0.4) is 0 Å². The number of nitrogens with one attached hydrogen (secondary N) is 1. The predicted molar refractivity (Wildman–Crippen MR) is 115 cm³/mol. The zero-order valence-electron chi connectivity index (χ0n) is 16.7. The molecule has 0 unspecified atom stereocenters. The summed E-state index contributed by atoms with van der Waals surface area (Å²) in [6.45, 7) is 4.17. The number of rotatable bonds is 6. The molecule has 1 N–H and O–H groups in total. The van der Waals surface area contributed by atoms with Gasteiger partial charge in [0, 0.05) is 19.2 Å². The number of sulfonamides is 1. The van der Waals surface area contributed by atoms with E-state index in [1.807, 2.05) is 37.3 Å². The highest BCUT2D eigenvalue weighted by molar-refractivity contribution is 7.92. The molecule has 0 radical (unpaired) electrons. The lowest BCUT2D eigenvalue weighted by Gasteiger charge is -2.18. The lowest BCUT2D eigenvalue weighted by atomic mass is 10.1. The third kappa shape index (κ3) is 5.03. The Morgan fingerprint density at radius 2 is 1.59 bits per heavy atom. The molecule has 3 rings (SSSR count). The van der Waals surface area contributed by atoms with Gasteiger partial charge in [-0.05, 0) is 49.2 Å². The molecule has 0 heterocycles. The van der Waals surface area contributed by atoms with Crippen molar-refractivity contribution in [3.63, 3.8) is 0 Å². The van der Waals surface area contributed by atoms with Crippen LogP contribution in [0.5, 0.6) is 0 Å². The minimum absolute atomic E-state index is 0.176. The van der Waals surface area contributed by atoms with Gasteiger partial charge in [0.1, 0.15) is 0 Å². The monoisotopic (exact) mass is 408 g/mol. The van der Waals surface area contributed by atoms with Crippen LogP contribution in [-0.2, 0) is 16.6 Å². The quantitative estimate of drug-likeness (QED) is 0.658. The number of hydrogen-bond donors (Lipinski definition) is 1. The van der Waals surface area contributed by atoms with Gasteiger partial charge in [0.05, 0.1) is 10.6 Å². The fraction of sp³-hybridized carbons (Fsp3) is 0.174. The van der Waals surface area contributed by atoms with E-state index in [4.69, 9.17) is 0 Å². The maximum Gasteiger partial charge on any atom is 0.261 e. The van der Waals surface area contributed by atoms with E-state index < -0.39 is 10.0 Å². The molecule has 0 spiro atoms. The second-order valence-electron chi connectivity index (χ2n) is 7.10. The number of anilines is 1. The van der Waals surface area contributed by atoms with E-state index in [9.17, 15) is 13.2 Å². The van der Waals surface area contributed by atoms with Gasteiger partial charge in [-0.3, -0.25) is 9.52 Å². The molecule has 0 fully saturated rings. The average molecular weight is 409 g/mol. The van der Waals surface area contributed by atoms with E-state index in [-0.39, 0.29) is 10.8 Å². The second kappa shape index (κ2) is 8.49. The first-order valence-electron chi connectivity index (χ1n) is 9.26. The number of hydrogen-bond acceptors (Lipinski definition) is 3. The normalized spacial score (nSPS) is 11.1. The van der Waals surface area contributed by atoms with E-state index in [0.29, 0.717) is 17.8 Å². The summed E-state index contributed by atoms with van der Waals surface area (Å²) in [5, 5.41) is 0. The van der Waals surface area contributed by atoms with Crippen molar-refractivity contribution >= 4 is 21.6 Å². The molecule has 3 aromatic rings. The van der Waals surface area contributed by atoms with Gasteiger partial charge in [-0.1, -0.05) is 54.1 Å². The summed E-state index contributed by atoms with van der Waals surface area (Å²) >= 11 is 0. The van der Waals surface area contributed by atoms with Gasteiger partial charge in [0.25, 0.3) is 15.9 Å². The summed E-state index contributed by atoms with van der Waals surface area (Å²) in [6, 6.07) is 21.4. The molecule has 0 saturated carbocycles. The Bertz CT molecular complexity index is 1110. The highest BCUT2D eigenvalue weighted by Crippen LogP contribution is 2.22. The van der Waals surface area contributed by atoms with Gasteiger partial charge in [0.2, 0.25) is 0 Å². The van der Waals surface area contributed by atoms with Crippen LogP contribution < -0.4 is 4.72 Å². The third-order valence-corrected chi connectivity index (χ3v) is 6.05. The van der Waals surface area contributed by atoms with Crippen molar-refractivity contribution in [2.45, 2.75) is 25.3 Å². The molecule has 0 aliphatic carbocycles. The van der Waals surface area contributed by atoms with E-state index >= 15 is 0 Å². The first-order valence-corrected chi connectivity index (χ1v) is 10.7. The van der Waals surface area contributed by atoms with E-state index in [1.54, 1.807) is 61.3 Å². The summed E-state index contributed by atoms with van der Waals surface area (Å²) in [7, 11) is -2.01. The Kier molecular flexibility index (Phi) is 6.03. The maximum absolute atomic E-state index is 12.8. The lowest BCUT2D eigenvalue weighted by molar-refractivity contribution is 0.0785. The molecule has 150 valence electrons. The summed E-state index contributed by atoms with van der Waals surface area (Å²) in [5.41, 5.74) is 3.56. The number of carbonyl (C=O) groups is 1. The number of nitrogens with zero attached hydrogens (tertiary/aromatic N) is 1. The minimum Gasteiger partial charge on any atom is -0.337 e.